The molecule has 1 N–H and O–H groups in total. The SMILES string of the molecule is CCC(C(=O)NC1CCCCC1)N(Cc1ccc(Cl)cc1)C(=O)CN(c1cc(Cl)ccc1OC)S(=O)(=O)c1ccc(C)cc1. The van der Waals surface area contributed by atoms with Crippen LogP contribution in [0.2, 0.25) is 10.0 Å². The van der Waals surface area contributed by atoms with Gasteiger partial charge in [0.2, 0.25) is 11.8 Å². The van der Waals surface area contributed by atoms with Gasteiger partial charge in [-0.05, 0) is 74.2 Å². The van der Waals surface area contributed by atoms with E-state index in [0.717, 1.165) is 47.5 Å². The van der Waals surface area contributed by atoms with Gasteiger partial charge in [0.15, 0.2) is 0 Å². The molecule has 1 saturated carbocycles. The van der Waals surface area contributed by atoms with Gasteiger partial charge in [-0.15, -0.1) is 0 Å². The van der Waals surface area contributed by atoms with Crippen LogP contribution in [0.25, 0.3) is 0 Å². The van der Waals surface area contributed by atoms with Crippen molar-refractivity contribution >= 4 is 50.7 Å². The first-order valence-corrected chi connectivity index (χ1v) is 17.0. The lowest BCUT2D eigenvalue weighted by Gasteiger charge is -2.34. The number of methoxy groups -OCH3 is 1. The second-order valence-corrected chi connectivity index (χ2v) is 13.8. The third-order valence-corrected chi connectivity index (χ3v) is 10.2. The summed E-state index contributed by atoms with van der Waals surface area (Å²) in [4.78, 5) is 29.5. The highest BCUT2D eigenvalue weighted by Gasteiger charge is 2.35. The van der Waals surface area contributed by atoms with Crippen molar-refractivity contribution in [2.24, 2.45) is 0 Å². The number of benzene rings is 3. The summed E-state index contributed by atoms with van der Waals surface area (Å²) >= 11 is 12.4. The van der Waals surface area contributed by atoms with Crippen LogP contribution < -0.4 is 14.4 Å². The molecular formula is C33H39Cl2N3O5S. The Bertz CT molecular complexity index is 1540. The lowest BCUT2D eigenvalue weighted by molar-refractivity contribution is -0.140. The molecular weight excluding hydrogens is 621 g/mol. The van der Waals surface area contributed by atoms with Crippen molar-refractivity contribution in [1.29, 1.82) is 0 Å². The monoisotopic (exact) mass is 659 g/mol. The molecule has 3 aromatic carbocycles. The number of ether oxygens (including phenoxy) is 1. The Labute approximate surface area is 270 Å². The van der Waals surface area contributed by atoms with Crippen molar-refractivity contribution in [2.75, 3.05) is 18.0 Å². The number of halogens is 2. The third-order valence-electron chi connectivity index (χ3n) is 7.90. The molecule has 0 aliphatic heterocycles. The van der Waals surface area contributed by atoms with Crippen molar-refractivity contribution < 1.29 is 22.7 Å². The van der Waals surface area contributed by atoms with Gasteiger partial charge in [0.05, 0.1) is 17.7 Å². The van der Waals surface area contributed by atoms with E-state index in [4.69, 9.17) is 27.9 Å². The Balaban J connectivity index is 1.75. The molecule has 4 rings (SSSR count). The molecule has 1 atom stereocenters. The minimum Gasteiger partial charge on any atom is -0.495 e. The minimum atomic E-state index is -4.27. The molecule has 8 nitrogen and oxygen atoms in total. The highest BCUT2D eigenvalue weighted by atomic mass is 35.5. The summed E-state index contributed by atoms with van der Waals surface area (Å²) < 4.78 is 34.9. The van der Waals surface area contributed by atoms with Crippen LogP contribution in [0.1, 0.15) is 56.6 Å². The average molecular weight is 661 g/mol. The lowest BCUT2D eigenvalue weighted by Crippen LogP contribution is -2.54. The van der Waals surface area contributed by atoms with E-state index in [1.165, 1.54) is 30.2 Å². The highest BCUT2D eigenvalue weighted by Crippen LogP contribution is 2.35. The van der Waals surface area contributed by atoms with Crippen LogP contribution in [0.3, 0.4) is 0 Å². The normalized spacial score (nSPS) is 14.5. The molecule has 0 spiro atoms. The zero-order valence-corrected chi connectivity index (χ0v) is 27.6. The van der Waals surface area contributed by atoms with Crippen LogP contribution in [0.5, 0.6) is 5.75 Å². The summed E-state index contributed by atoms with van der Waals surface area (Å²) in [5.74, 6) is -0.581. The van der Waals surface area contributed by atoms with Gasteiger partial charge in [0.1, 0.15) is 18.3 Å². The van der Waals surface area contributed by atoms with E-state index >= 15 is 0 Å². The Morgan fingerprint density at radius 2 is 1.59 bits per heavy atom. The van der Waals surface area contributed by atoms with Crippen LogP contribution in [-0.2, 0) is 26.2 Å². The second kappa shape index (κ2) is 15.1. The average Bonchev–Trinajstić information content (AvgIpc) is 3.01. The number of carbonyl (C=O) groups is 2. The van der Waals surface area contributed by atoms with Gasteiger partial charge in [-0.25, -0.2) is 8.42 Å². The summed E-state index contributed by atoms with van der Waals surface area (Å²) in [5.41, 5.74) is 1.75. The van der Waals surface area contributed by atoms with E-state index in [1.807, 2.05) is 13.8 Å². The van der Waals surface area contributed by atoms with Gasteiger partial charge in [0.25, 0.3) is 10.0 Å². The molecule has 3 aromatic rings. The van der Waals surface area contributed by atoms with Crippen molar-refractivity contribution in [3.63, 3.8) is 0 Å². The Morgan fingerprint density at radius 1 is 0.955 bits per heavy atom. The third kappa shape index (κ3) is 8.25. The molecule has 1 aliphatic rings. The van der Waals surface area contributed by atoms with Gasteiger partial charge in [-0.1, -0.05) is 79.2 Å². The standard InChI is InChI=1S/C33H39Cl2N3O5S/c1-4-29(33(40)36-27-8-6-5-7-9-27)37(21-24-12-14-25(34)15-13-24)32(39)22-38(30-20-26(35)16-19-31(30)43-3)44(41,42)28-17-10-23(2)11-18-28/h10-20,27,29H,4-9,21-22H2,1-3H3,(H,36,40). The van der Waals surface area contributed by atoms with Gasteiger partial charge in [0, 0.05) is 22.6 Å². The van der Waals surface area contributed by atoms with Crippen LogP contribution in [0, 0.1) is 6.92 Å². The largest absolute Gasteiger partial charge is 0.495 e. The number of hydrogen-bond donors (Lipinski definition) is 1. The van der Waals surface area contributed by atoms with E-state index < -0.39 is 28.5 Å². The van der Waals surface area contributed by atoms with E-state index in [9.17, 15) is 18.0 Å². The van der Waals surface area contributed by atoms with E-state index in [-0.39, 0.29) is 39.8 Å². The van der Waals surface area contributed by atoms with Crippen molar-refractivity contribution in [2.45, 2.75) is 75.9 Å². The molecule has 1 fully saturated rings. The number of amides is 2. The minimum absolute atomic E-state index is 0.00395. The predicted octanol–water partition coefficient (Wildman–Crippen LogP) is 6.76. The van der Waals surface area contributed by atoms with Gasteiger partial charge < -0.3 is 15.0 Å². The number of aryl methyl sites for hydroxylation is 1. The molecule has 11 heteroatoms. The topological polar surface area (TPSA) is 96.0 Å². The summed E-state index contributed by atoms with van der Waals surface area (Å²) in [7, 11) is -2.86. The summed E-state index contributed by atoms with van der Waals surface area (Å²) in [6.45, 7) is 3.19. The fourth-order valence-corrected chi connectivity index (χ4v) is 7.17. The maximum absolute atomic E-state index is 14.4. The van der Waals surface area contributed by atoms with E-state index in [2.05, 4.69) is 5.32 Å². The predicted molar refractivity (Wildman–Crippen MR) is 175 cm³/mol. The smallest absolute Gasteiger partial charge is 0.264 e. The van der Waals surface area contributed by atoms with Crippen LogP contribution >= 0.6 is 23.2 Å². The molecule has 0 aromatic heterocycles. The number of nitrogens with zero attached hydrogens (tertiary/aromatic N) is 2. The zero-order valence-electron chi connectivity index (χ0n) is 25.3. The molecule has 0 heterocycles. The molecule has 44 heavy (non-hydrogen) atoms. The van der Waals surface area contributed by atoms with Crippen molar-refractivity contribution in [1.82, 2.24) is 10.2 Å². The van der Waals surface area contributed by atoms with E-state index in [0.29, 0.717) is 11.4 Å². The Kier molecular flexibility index (Phi) is 11.6. The molecule has 2 amide bonds. The quantitative estimate of drug-likeness (QED) is 0.232. The second-order valence-electron chi connectivity index (χ2n) is 11.1. The molecule has 0 radical (unpaired) electrons. The molecule has 0 saturated heterocycles. The van der Waals surface area contributed by atoms with Gasteiger partial charge >= 0.3 is 0 Å². The van der Waals surface area contributed by atoms with Gasteiger partial charge in [-0.2, -0.15) is 0 Å². The van der Waals surface area contributed by atoms with Crippen LogP contribution in [0.15, 0.2) is 71.6 Å². The molecule has 0 bridgehead atoms. The summed E-state index contributed by atoms with van der Waals surface area (Å²) in [5, 5.41) is 3.96. The first kappa shape index (κ1) is 33.6. The Morgan fingerprint density at radius 3 is 2.20 bits per heavy atom. The molecule has 236 valence electrons. The first-order chi connectivity index (χ1) is 21.0. The van der Waals surface area contributed by atoms with Gasteiger partial charge in [-0.3, -0.25) is 13.9 Å². The summed E-state index contributed by atoms with van der Waals surface area (Å²) in [6, 6.07) is 17.2. The van der Waals surface area contributed by atoms with E-state index in [1.54, 1.807) is 48.5 Å². The lowest BCUT2D eigenvalue weighted by atomic mass is 9.95. The maximum Gasteiger partial charge on any atom is 0.264 e. The van der Waals surface area contributed by atoms with Crippen molar-refractivity contribution in [3.8, 4) is 5.75 Å². The maximum atomic E-state index is 14.4. The number of sulfonamides is 1. The molecule has 1 unspecified atom stereocenters. The number of anilines is 1. The molecule has 1 aliphatic carbocycles. The number of carbonyl (C=O) groups excluding carboxylic acids is 2. The number of nitrogens with one attached hydrogen (secondary N) is 1. The highest BCUT2D eigenvalue weighted by molar-refractivity contribution is 7.92. The van der Waals surface area contributed by atoms with Crippen LogP contribution in [-0.4, -0.2) is 50.9 Å². The van der Waals surface area contributed by atoms with Crippen molar-refractivity contribution in [3.05, 3.63) is 87.9 Å². The Hall–Kier alpha value is -3.27. The fourth-order valence-electron chi connectivity index (χ4n) is 5.46. The summed E-state index contributed by atoms with van der Waals surface area (Å²) in [6.07, 6.45) is 5.35. The number of rotatable bonds is 12. The fraction of sp³-hybridized carbons (Fsp3) is 0.394. The first-order valence-electron chi connectivity index (χ1n) is 14.8. The number of hydrogen-bond acceptors (Lipinski definition) is 5. The van der Waals surface area contributed by atoms with Crippen LogP contribution in [0.4, 0.5) is 5.69 Å². The zero-order chi connectivity index (χ0) is 31.9.